The van der Waals surface area contributed by atoms with Gasteiger partial charge < -0.3 is 11.1 Å². The van der Waals surface area contributed by atoms with Gasteiger partial charge in [0.1, 0.15) is 12.1 Å². The van der Waals surface area contributed by atoms with Crippen LogP contribution in [-0.2, 0) is 12.0 Å². The molecule has 4 nitrogen and oxygen atoms in total. The van der Waals surface area contributed by atoms with Crippen molar-refractivity contribution in [2.45, 2.75) is 25.8 Å². The second-order valence-corrected chi connectivity index (χ2v) is 3.89. The summed E-state index contributed by atoms with van der Waals surface area (Å²) in [5.41, 5.74) is 7.84. The highest BCUT2D eigenvalue weighted by atomic mass is 15.0. The Morgan fingerprint density at radius 3 is 2.92 bits per heavy atom. The van der Waals surface area contributed by atoms with Gasteiger partial charge in [-0.25, -0.2) is 9.97 Å². The smallest absolute Gasteiger partial charge is 0.130 e. The third-order valence-electron chi connectivity index (χ3n) is 2.51. The molecule has 13 heavy (non-hydrogen) atoms. The summed E-state index contributed by atoms with van der Waals surface area (Å²) >= 11 is 0. The van der Waals surface area contributed by atoms with Crippen molar-refractivity contribution in [3.63, 3.8) is 0 Å². The second kappa shape index (κ2) is 2.67. The second-order valence-electron chi connectivity index (χ2n) is 3.89. The van der Waals surface area contributed by atoms with E-state index in [2.05, 4.69) is 29.1 Å². The van der Waals surface area contributed by atoms with Crippen molar-refractivity contribution in [3.8, 4) is 0 Å². The summed E-state index contributed by atoms with van der Waals surface area (Å²) in [5.74, 6) is 0.625. The van der Waals surface area contributed by atoms with Crippen LogP contribution in [0.15, 0.2) is 6.33 Å². The van der Waals surface area contributed by atoms with Crippen molar-refractivity contribution in [2.24, 2.45) is 0 Å². The predicted octanol–water partition coefficient (Wildman–Crippen LogP) is 0.440. The first-order valence-electron chi connectivity index (χ1n) is 4.46. The maximum Gasteiger partial charge on any atom is 0.130 e. The van der Waals surface area contributed by atoms with Crippen LogP contribution in [0.4, 0.5) is 5.82 Å². The number of anilines is 1. The van der Waals surface area contributed by atoms with Crippen LogP contribution in [0.25, 0.3) is 0 Å². The van der Waals surface area contributed by atoms with Crippen LogP contribution < -0.4 is 11.1 Å². The first-order chi connectivity index (χ1) is 6.11. The van der Waals surface area contributed by atoms with E-state index < -0.39 is 0 Å². The molecule has 0 saturated carbocycles. The number of rotatable bonds is 0. The van der Waals surface area contributed by atoms with Crippen LogP contribution in [0.3, 0.4) is 0 Å². The first-order valence-corrected chi connectivity index (χ1v) is 4.46. The van der Waals surface area contributed by atoms with Crippen molar-refractivity contribution in [1.29, 1.82) is 0 Å². The molecule has 0 fully saturated rings. The summed E-state index contributed by atoms with van der Waals surface area (Å²) < 4.78 is 0. The quantitative estimate of drug-likeness (QED) is 0.605. The van der Waals surface area contributed by atoms with Crippen LogP contribution in [0, 0.1) is 0 Å². The molecule has 2 rings (SSSR count). The van der Waals surface area contributed by atoms with Gasteiger partial charge in [-0.2, -0.15) is 0 Å². The van der Waals surface area contributed by atoms with Gasteiger partial charge in [0, 0.05) is 12.1 Å². The van der Waals surface area contributed by atoms with E-state index in [4.69, 9.17) is 5.73 Å². The molecule has 0 aliphatic carbocycles. The Hall–Kier alpha value is -1.16. The molecule has 1 aliphatic rings. The third kappa shape index (κ3) is 1.27. The minimum atomic E-state index is -0.0787. The number of hydrogen-bond donors (Lipinski definition) is 2. The zero-order chi connectivity index (χ0) is 9.47. The SMILES string of the molecule is CC1(C)NCCc2c(N)ncnc21. The lowest BCUT2D eigenvalue weighted by molar-refractivity contribution is 0.369. The lowest BCUT2D eigenvalue weighted by atomic mass is 9.90. The van der Waals surface area contributed by atoms with E-state index in [9.17, 15) is 0 Å². The van der Waals surface area contributed by atoms with E-state index in [-0.39, 0.29) is 5.54 Å². The molecule has 0 radical (unpaired) electrons. The Morgan fingerprint density at radius 2 is 2.23 bits per heavy atom. The molecular formula is C9H14N4. The molecular weight excluding hydrogens is 164 g/mol. The number of nitrogens with two attached hydrogens (primary N) is 1. The normalized spacial score (nSPS) is 19.5. The van der Waals surface area contributed by atoms with Gasteiger partial charge in [-0.05, 0) is 20.3 Å². The van der Waals surface area contributed by atoms with Crippen molar-refractivity contribution < 1.29 is 0 Å². The van der Waals surface area contributed by atoms with Crippen LogP contribution in [0.2, 0.25) is 0 Å². The molecule has 0 aromatic carbocycles. The minimum absolute atomic E-state index is 0.0787. The highest BCUT2D eigenvalue weighted by Gasteiger charge is 2.29. The summed E-state index contributed by atoms with van der Waals surface area (Å²) in [6.45, 7) is 5.16. The van der Waals surface area contributed by atoms with E-state index in [0.29, 0.717) is 5.82 Å². The highest BCUT2D eigenvalue weighted by Crippen LogP contribution is 2.27. The van der Waals surface area contributed by atoms with Crippen molar-refractivity contribution in [2.75, 3.05) is 12.3 Å². The standard InChI is InChI=1S/C9H14N4/c1-9(2)7-6(3-4-13-9)8(10)12-5-11-7/h5,13H,3-4H2,1-2H3,(H2,10,11,12). The highest BCUT2D eigenvalue weighted by molar-refractivity contribution is 5.45. The van der Waals surface area contributed by atoms with Crippen LogP contribution in [-0.4, -0.2) is 16.5 Å². The van der Waals surface area contributed by atoms with Gasteiger partial charge in [0.25, 0.3) is 0 Å². The van der Waals surface area contributed by atoms with Gasteiger partial charge in [-0.1, -0.05) is 0 Å². The average molecular weight is 178 g/mol. The van der Waals surface area contributed by atoms with Crippen molar-refractivity contribution >= 4 is 5.82 Å². The van der Waals surface area contributed by atoms with Crippen molar-refractivity contribution in [1.82, 2.24) is 15.3 Å². The van der Waals surface area contributed by atoms with Crippen molar-refractivity contribution in [3.05, 3.63) is 17.6 Å². The molecule has 3 N–H and O–H groups in total. The van der Waals surface area contributed by atoms with E-state index in [1.807, 2.05) is 0 Å². The lowest BCUT2D eigenvalue weighted by Gasteiger charge is -2.32. The fourth-order valence-corrected chi connectivity index (χ4v) is 1.79. The van der Waals surface area contributed by atoms with Gasteiger partial charge in [-0.15, -0.1) is 0 Å². The summed E-state index contributed by atoms with van der Waals surface area (Å²) in [7, 11) is 0. The topological polar surface area (TPSA) is 63.8 Å². The van der Waals surface area contributed by atoms with Gasteiger partial charge in [0.15, 0.2) is 0 Å². The molecule has 4 heteroatoms. The van der Waals surface area contributed by atoms with Crippen LogP contribution in [0.5, 0.6) is 0 Å². The van der Waals surface area contributed by atoms with E-state index in [0.717, 1.165) is 24.2 Å². The number of nitrogen functional groups attached to an aromatic ring is 1. The molecule has 0 amide bonds. The molecule has 1 aromatic heterocycles. The van der Waals surface area contributed by atoms with Gasteiger partial charge >= 0.3 is 0 Å². The Morgan fingerprint density at radius 1 is 1.46 bits per heavy atom. The zero-order valence-corrected chi connectivity index (χ0v) is 7.96. The number of nitrogens with one attached hydrogen (secondary N) is 1. The number of nitrogens with zero attached hydrogens (tertiary/aromatic N) is 2. The largest absolute Gasteiger partial charge is 0.383 e. The van der Waals surface area contributed by atoms with E-state index in [1.165, 1.54) is 6.33 Å². The van der Waals surface area contributed by atoms with Gasteiger partial charge in [0.2, 0.25) is 0 Å². The minimum Gasteiger partial charge on any atom is -0.383 e. The molecule has 2 heterocycles. The Bertz CT molecular complexity index is 332. The molecule has 0 saturated heterocycles. The fraction of sp³-hybridized carbons (Fsp3) is 0.556. The zero-order valence-electron chi connectivity index (χ0n) is 7.96. The predicted molar refractivity (Wildman–Crippen MR) is 51.2 cm³/mol. The molecule has 1 aromatic rings. The summed E-state index contributed by atoms with van der Waals surface area (Å²) in [6.07, 6.45) is 2.45. The number of fused-ring (bicyclic) bond motifs is 1. The maximum absolute atomic E-state index is 5.78. The van der Waals surface area contributed by atoms with Gasteiger partial charge in [-0.3, -0.25) is 0 Å². The molecule has 0 unspecified atom stereocenters. The maximum atomic E-state index is 5.78. The summed E-state index contributed by atoms with van der Waals surface area (Å²) in [6, 6.07) is 0. The van der Waals surface area contributed by atoms with Crippen LogP contribution >= 0.6 is 0 Å². The lowest BCUT2D eigenvalue weighted by Crippen LogP contribution is -2.43. The number of hydrogen-bond acceptors (Lipinski definition) is 4. The molecule has 70 valence electrons. The average Bonchev–Trinajstić information content (AvgIpc) is 2.06. The van der Waals surface area contributed by atoms with E-state index >= 15 is 0 Å². The van der Waals surface area contributed by atoms with Crippen LogP contribution in [0.1, 0.15) is 25.1 Å². The third-order valence-corrected chi connectivity index (χ3v) is 2.51. The first kappa shape index (κ1) is 8.44. The monoisotopic (exact) mass is 178 g/mol. The Balaban J connectivity index is 2.58. The molecule has 0 bridgehead atoms. The Kier molecular flexibility index (Phi) is 1.73. The van der Waals surface area contributed by atoms with Gasteiger partial charge in [0.05, 0.1) is 11.2 Å². The summed E-state index contributed by atoms with van der Waals surface area (Å²) in [5, 5.41) is 3.40. The van der Waals surface area contributed by atoms with E-state index in [1.54, 1.807) is 0 Å². The molecule has 0 spiro atoms. The fourth-order valence-electron chi connectivity index (χ4n) is 1.79. The summed E-state index contributed by atoms with van der Waals surface area (Å²) in [4.78, 5) is 8.28. The molecule has 0 atom stereocenters. The number of aromatic nitrogens is 2. The Labute approximate surface area is 77.6 Å². The molecule has 1 aliphatic heterocycles.